The number of amides is 2. The minimum Gasteiger partial charge on any atom is -0.486 e. The average molecular weight is 350 g/mol. The highest BCUT2D eigenvalue weighted by atomic mass is 16.6. The second-order valence-corrected chi connectivity index (χ2v) is 6.59. The van der Waals surface area contributed by atoms with Crippen LogP contribution in [-0.4, -0.2) is 56.5 Å². The summed E-state index contributed by atoms with van der Waals surface area (Å²) in [6, 6.07) is 7.52. The van der Waals surface area contributed by atoms with Crippen LogP contribution in [-0.2, 0) is 4.74 Å². The lowest BCUT2D eigenvalue weighted by atomic mass is 10.2. The summed E-state index contributed by atoms with van der Waals surface area (Å²) in [5.41, 5.74) is 0. The third-order valence-electron chi connectivity index (χ3n) is 3.85. The number of rotatable bonds is 9. The summed E-state index contributed by atoms with van der Waals surface area (Å²) in [7, 11) is 0. The Bertz CT molecular complexity index is 536. The summed E-state index contributed by atoms with van der Waals surface area (Å²) in [4.78, 5) is 14.1. The minimum atomic E-state index is -0.157. The summed E-state index contributed by atoms with van der Waals surface area (Å²) in [5, 5.41) is 2.94. The van der Waals surface area contributed by atoms with Crippen LogP contribution in [0.5, 0.6) is 11.5 Å². The van der Waals surface area contributed by atoms with Gasteiger partial charge < -0.3 is 24.4 Å². The predicted octanol–water partition coefficient (Wildman–Crippen LogP) is 2.92. The van der Waals surface area contributed by atoms with Gasteiger partial charge in [0.15, 0.2) is 17.6 Å². The molecule has 0 radical (unpaired) electrons. The van der Waals surface area contributed by atoms with Gasteiger partial charge in [-0.05, 0) is 31.4 Å². The van der Waals surface area contributed by atoms with Gasteiger partial charge in [0.05, 0.1) is 6.54 Å². The summed E-state index contributed by atoms with van der Waals surface area (Å²) in [6.07, 6.45) is 0.655. The van der Waals surface area contributed by atoms with Crippen LogP contribution in [0.1, 0.15) is 27.2 Å². The van der Waals surface area contributed by atoms with Crippen molar-refractivity contribution in [1.82, 2.24) is 10.2 Å². The van der Waals surface area contributed by atoms with Gasteiger partial charge in [0.1, 0.15) is 6.61 Å². The Kier molecular flexibility index (Phi) is 7.85. The zero-order valence-corrected chi connectivity index (χ0v) is 15.5. The van der Waals surface area contributed by atoms with Crippen molar-refractivity contribution in [1.29, 1.82) is 0 Å². The summed E-state index contributed by atoms with van der Waals surface area (Å²) >= 11 is 0. The van der Waals surface area contributed by atoms with Crippen LogP contribution in [0.4, 0.5) is 4.79 Å². The van der Waals surface area contributed by atoms with Crippen molar-refractivity contribution < 1.29 is 19.0 Å². The van der Waals surface area contributed by atoms with Crippen LogP contribution in [0.15, 0.2) is 24.3 Å². The van der Waals surface area contributed by atoms with E-state index < -0.39 is 0 Å². The van der Waals surface area contributed by atoms with Crippen LogP contribution in [0.2, 0.25) is 0 Å². The Balaban J connectivity index is 1.70. The Morgan fingerprint density at radius 1 is 1.36 bits per heavy atom. The van der Waals surface area contributed by atoms with Gasteiger partial charge in [-0.25, -0.2) is 4.79 Å². The molecule has 0 fully saturated rings. The fraction of sp³-hybridized carbons (Fsp3) is 0.632. The number of nitrogens with zero attached hydrogens (tertiary/aromatic N) is 1. The third-order valence-corrected chi connectivity index (χ3v) is 3.85. The maximum absolute atomic E-state index is 12.3. The SMILES string of the molecule is CCN(CC1COc2ccccc2O1)C(=O)NCCCOCC(C)C. The summed E-state index contributed by atoms with van der Waals surface area (Å²) in [5.74, 6) is 2.03. The van der Waals surface area contributed by atoms with E-state index in [1.165, 1.54) is 0 Å². The Morgan fingerprint density at radius 2 is 2.12 bits per heavy atom. The van der Waals surface area contributed by atoms with E-state index in [4.69, 9.17) is 14.2 Å². The molecule has 2 rings (SSSR count). The van der Waals surface area contributed by atoms with E-state index >= 15 is 0 Å². The van der Waals surface area contributed by atoms with Crippen molar-refractivity contribution >= 4 is 6.03 Å². The highest BCUT2D eigenvalue weighted by molar-refractivity contribution is 5.74. The number of nitrogens with one attached hydrogen (secondary N) is 1. The van der Waals surface area contributed by atoms with Crippen molar-refractivity contribution in [3.63, 3.8) is 0 Å². The maximum atomic E-state index is 12.3. The lowest BCUT2D eigenvalue weighted by molar-refractivity contribution is 0.0673. The number of hydrogen-bond donors (Lipinski definition) is 1. The van der Waals surface area contributed by atoms with Gasteiger partial charge in [-0.2, -0.15) is 0 Å². The Morgan fingerprint density at radius 3 is 2.84 bits per heavy atom. The number of ether oxygens (including phenoxy) is 3. The molecule has 1 N–H and O–H groups in total. The molecule has 25 heavy (non-hydrogen) atoms. The van der Waals surface area contributed by atoms with Gasteiger partial charge in [0.25, 0.3) is 0 Å². The van der Waals surface area contributed by atoms with Gasteiger partial charge in [-0.15, -0.1) is 0 Å². The molecule has 140 valence electrons. The number of benzene rings is 1. The molecular weight excluding hydrogens is 320 g/mol. The van der Waals surface area contributed by atoms with E-state index in [9.17, 15) is 4.79 Å². The summed E-state index contributed by atoms with van der Waals surface area (Å²) in [6.45, 7) is 9.81. The molecular formula is C19H30N2O4. The zero-order valence-electron chi connectivity index (χ0n) is 15.5. The van der Waals surface area contributed by atoms with Crippen LogP contribution < -0.4 is 14.8 Å². The summed E-state index contributed by atoms with van der Waals surface area (Å²) < 4.78 is 17.2. The minimum absolute atomic E-state index is 0.0752. The topological polar surface area (TPSA) is 60.0 Å². The molecule has 0 aliphatic carbocycles. The molecule has 1 aromatic rings. The van der Waals surface area contributed by atoms with Crippen molar-refractivity contribution in [3.05, 3.63) is 24.3 Å². The zero-order chi connectivity index (χ0) is 18.1. The number of para-hydroxylation sites is 2. The highest BCUT2D eigenvalue weighted by Gasteiger charge is 2.24. The molecule has 0 spiro atoms. The van der Waals surface area contributed by atoms with E-state index in [2.05, 4.69) is 19.2 Å². The number of urea groups is 1. The first-order valence-corrected chi connectivity index (χ1v) is 9.09. The Labute approximate surface area is 150 Å². The number of likely N-dealkylation sites (N-methyl/N-ethyl adjacent to an activating group) is 1. The molecule has 1 atom stereocenters. The lowest BCUT2D eigenvalue weighted by Gasteiger charge is -2.31. The normalized spacial score (nSPS) is 15.9. The van der Waals surface area contributed by atoms with E-state index in [1.807, 2.05) is 31.2 Å². The maximum Gasteiger partial charge on any atom is 0.317 e. The fourth-order valence-electron chi connectivity index (χ4n) is 2.55. The number of carbonyl (C=O) groups excluding carboxylic acids is 1. The molecule has 0 bridgehead atoms. The van der Waals surface area contributed by atoms with E-state index in [-0.39, 0.29) is 12.1 Å². The van der Waals surface area contributed by atoms with E-state index in [0.29, 0.717) is 38.8 Å². The molecule has 1 aliphatic rings. The third kappa shape index (κ3) is 6.46. The van der Waals surface area contributed by atoms with Crippen molar-refractivity contribution in [3.8, 4) is 11.5 Å². The van der Waals surface area contributed by atoms with Crippen molar-refractivity contribution in [2.24, 2.45) is 5.92 Å². The highest BCUT2D eigenvalue weighted by Crippen LogP contribution is 2.30. The fourth-order valence-corrected chi connectivity index (χ4v) is 2.55. The molecule has 1 unspecified atom stereocenters. The van der Waals surface area contributed by atoms with Crippen LogP contribution in [0, 0.1) is 5.92 Å². The molecule has 2 amide bonds. The first kappa shape index (κ1) is 19.4. The standard InChI is InChI=1S/C19H30N2O4/c1-4-21(19(22)20-10-7-11-23-13-15(2)3)12-16-14-24-17-8-5-6-9-18(17)25-16/h5-6,8-9,15-16H,4,7,10-14H2,1-3H3,(H,20,22). The predicted molar refractivity (Wildman–Crippen MR) is 97.3 cm³/mol. The molecule has 1 heterocycles. The number of fused-ring (bicyclic) bond motifs is 1. The number of carbonyl (C=O) groups is 1. The van der Waals surface area contributed by atoms with Crippen LogP contribution in [0.25, 0.3) is 0 Å². The second-order valence-electron chi connectivity index (χ2n) is 6.59. The molecule has 0 saturated heterocycles. The van der Waals surface area contributed by atoms with Crippen molar-refractivity contribution in [2.45, 2.75) is 33.3 Å². The second kappa shape index (κ2) is 10.1. The first-order valence-electron chi connectivity index (χ1n) is 9.09. The molecule has 6 heteroatoms. The molecule has 6 nitrogen and oxygen atoms in total. The van der Waals surface area contributed by atoms with E-state index in [0.717, 1.165) is 24.5 Å². The number of hydrogen-bond acceptors (Lipinski definition) is 4. The smallest absolute Gasteiger partial charge is 0.317 e. The van der Waals surface area contributed by atoms with E-state index in [1.54, 1.807) is 4.90 Å². The van der Waals surface area contributed by atoms with Gasteiger partial charge in [-0.1, -0.05) is 26.0 Å². The van der Waals surface area contributed by atoms with Crippen LogP contribution >= 0.6 is 0 Å². The molecule has 0 aromatic heterocycles. The van der Waals surface area contributed by atoms with Gasteiger partial charge in [0.2, 0.25) is 0 Å². The Hall–Kier alpha value is -1.95. The lowest BCUT2D eigenvalue weighted by Crippen LogP contribution is -2.47. The van der Waals surface area contributed by atoms with Gasteiger partial charge >= 0.3 is 6.03 Å². The average Bonchev–Trinajstić information content (AvgIpc) is 2.62. The van der Waals surface area contributed by atoms with Gasteiger partial charge in [-0.3, -0.25) is 0 Å². The molecule has 1 aliphatic heterocycles. The first-order chi connectivity index (χ1) is 12.1. The van der Waals surface area contributed by atoms with Gasteiger partial charge in [0, 0.05) is 26.3 Å². The largest absolute Gasteiger partial charge is 0.486 e. The monoisotopic (exact) mass is 350 g/mol. The molecule has 1 aromatic carbocycles. The molecule has 0 saturated carbocycles. The van der Waals surface area contributed by atoms with Crippen LogP contribution in [0.3, 0.4) is 0 Å². The van der Waals surface area contributed by atoms with Crippen molar-refractivity contribution in [2.75, 3.05) is 39.5 Å². The quantitative estimate of drug-likeness (QED) is 0.696.